The fourth-order valence-corrected chi connectivity index (χ4v) is 3.50. The van der Waals surface area contributed by atoms with Crippen LogP contribution in [0.5, 0.6) is 0 Å². The molecule has 1 saturated carbocycles. The third kappa shape index (κ3) is 4.05. The Hall–Kier alpha value is -0.860. The third-order valence-electron chi connectivity index (χ3n) is 4.75. The van der Waals surface area contributed by atoms with Gasteiger partial charge in [-0.1, -0.05) is 44.0 Å². The van der Waals surface area contributed by atoms with Gasteiger partial charge in [0.15, 0.2) is 0 Å². The molecule has 1 aromatic carbocycles. The van der Waals surface area contributed by atoms with Crippen LogP contribution in [-0.4, -0.2) is 6.04 Å². The van der Waals surface area contributed by atoms with E-state index in [4.69, 9.17) is 5.84 Å². The number of hydrogen-bond acceptors (Lipinski definition) is 2. The molecule has 0 aromatic heterocycles. The van der Waals surface area contributed by atoms with E-state index in [-0.39, 0.29) is 0 Å². The Morgan fingerprint density at radius 2 is 2.11 bits per heavy atom. The van der Waals surface area contributed by atoms with E-state index in [1.54, 1.807) is 0 Å². The number of rotatable bonds is 5. The summed E-state index contributed by atoms with van der Waals surface area (Å²) in [6.45, 7) is 4.57. The van der Waals surface area contributed by atoms with Gasteiger partial charge in [-0.15, -0.1) is 0 Å². The summed E-state index contributed by atoms with van der Waals surface area (Å²) in [6.07, 6.45) is 7.72. The van der Waals surface area contributed by atoms with Gasteiger partial charge in [0.1, 0.15) is 0 Å². The zero-order chi connectivity index (χ0) is 13.7. The van der Waals surface area contributed by atoms with Gasteiger partial charge in [-0.25, -0.2) is 0 Å². The molecule has 2 nitrogen and oxygen atoms in total. The van der Waals surface area contributed by atoms with Gasteiger partial charge in [0.25, 0.3) is 0 Å². The largest absolute Gasteiger partial charge is 0.271 e. The highest BCUT2D eigenvalue weighted by Crippen LogP contribution is 2.32. The first-order valence-corrected chi connectivity index (χ1v) is 7.71. The molecule has 3 atom stereocenters. The van der Waals surface area contributed by atoms with Gasteiger partial charge in [0.2, 0.25) is 0 Å². The number of nitrogens with two attached hydrogens (primary N) is 1. The van der Waals surface area contributed by atoms with Crippen molar-refractivity contribution < 1.29 is 0 Å². The molecular weight excluding hydrogens is 232 g/mol. The highest BCUT2D eigenvalue weighted by Gasteiger charge is 2.25. The molecule has 3 unspecified atom stereocenters. The van der Waals surface area contributed by atoms with Crippen molar-refractivity contribution in [3.8, 4) is 0 Å². The van der Waals surface area contributed by atoms with E-state index in [0.29, 0.717) is 6.04 Å². The molecule has 0 amide bonds. The summed E-state index contributed by atoms with van der Waals surface area (Å²) in [5, 5.41) is 0. The van der Waals surface area contributed by atoms with Crippen molar-refractivity contribution in [2.24, 2.45) is 17.7 Å². The van der Waals surface area contributed by atoms with Crippen molar-refractivity contribution in [3.05, 3.63) is 35.4 Å². The fourth-order valence-electron chi connectivity index (χ4n) is 3.50. The quantitative estimate of drug-likeness (QED) is 0.627. The van der Waals surface area contributed by atoms with Crippen LogP contribution in [0.4, 0.5) is 0 Å². The number of nitrogens with one attached hydrogen (secondary N) is 1. The standard InChI is InChI=1S/C17H28N2/c1-13-6-5-9-16(12-13)17(19-18)11-10-15-8-4-3-7-14(15)2/h3-4,7-8,13,16-17,19H,5-6,9-12,18H2,1-2H3. The summed E-state index contributed by atoms with van der Waals surface area (Å²) in [5.74, 6) is 7.43. The van der Waals surface area contributed by atoms with E-state index in [1.165, 1.54) is 36.8 Å². The van der Waals surface area contributed by atoms with Crippen LogP contribution < -0.4 is 11.3 Å². The lowest BCUT2D eigenvalue weighted by atomic mass is 9.77. The highest BCUT2D eigenvalue weighted by molar-refractivity contribution is 5.25. The van der Waals surface area contributed by atoms with Crippen molar-refractivity contribution in [3.63, 3.8) is 0 Å². The Morgan fingerprint density at radius 3 is 2.79 bits per heavy atom. The molecule has 1 aliphatic rings. The predicted octanol–water partition coefficient (Wildman–Crippen LogP) is 3.59. The molecule has 106 valence electrons. The molecule has 0 bridgehead atoms. The van der Waals surface area contributed by atoms with Crippen LogP contribution in [0.1, 0.15) is 50.2 Å². The summed E-state index contributed by atoms with van der Waals surface area (Å²) < 4.78 is 0. The van der Waals surface area contributed by atoms with Gasteiger partial charge in [-0.05, 0) is 55.6 Å². The minimum Gasteiger partial charge on any atom is -0.271 e. The first-order chi connectivity index (χ1) is 9.20. The molecule has 0 aliphatic heterocycles. The SMILES string of the molecule is Cc1ccccc1CCC(NN)C1CCCC(C)C1. The summed E-state index contributed by atoms with van der Waals surface area (Å²) >= 11 is 0. The lowest BCUT2D eigenvalue weighted by Gasteiger charge is -2.33. The lowest BCUT2D eigenvalue weighted by Crippen LogP contribution is -2.42. The Kier molecular flexibility index (Phi) is 5.41. The van der Waals surface area contributed by atoms with Crippen molar-refractivity contribution in [1.82, 2.24) is 5.43 Å². The van der Waals surface area contributed by atoms with Crippen LogP contribution in [0.3, 0.4) is 0 Å². The maximum Gasteiger partial charge on any atom is 0.0242 e. The highest BCUT2D eigenvalue weighted by atomic mass is 15.2. The monoisotopic (exact) mass is 260 g/mol. The Morgan fingerprint density at radius 1 is 1.32 bits per heavy atom. The van der Waals surface area contributed by atoms with E-state index in [1.807, 2.05) is 0 Å². The minimum absolute atomic E-state index is 0.474. The molecule has 2 rings (SSSR count). The van der Waals surface area contributed by atoms with E-state index in [0.717, 1.165) is 24.7 Å². The smallest absolute Gasteiger partial charge is 0.0242 e. The second kappa shape index (κ2) is 7.06. The van der Waals surface area contributed by atoms with Gasteiger partial charge in [-0.3, -0.25) is 11.3 Å². The fraction of sp³-hybridized carbons (Fsp3) is 0.647. The van der Waals surface area contributed by atoms with Crippen LogP contribution in [-0.2, 0) is 6.42 Å². The van der Waals surface area contributed by atoms with Crippen LogP contribution in [0.25, 0.3) is 0 Å². The molecule has 1 fully saturated rings. The van der Waals surface area contributed by atoms with E-state index >= 15 is 0 Å². The number of benzene rings is 1. The molecule has 0 radical (unpaired) electrons. The van der Waals surface area contributed by atoms with Crippen LogP contribution >= 0.6 is 0 Å². The first-order valence-electron chi connectivity index (χ1n) is 7.71. The summed E-state index contributed by atoms with van der Waals surface area (Å²) in [6, 6.07) is 9.16. The third-order valence-corrected chi connectivity index (χ3v) is 4.75. The van der Waals surface area contributed by atoms with Crippen molar-refractivity contribution >= 4 is 0 Å². The molecule has 1 aromatic rings. The van der Waals surface area contributed by atoms with Gasteiger partial charge in [0, 0.05) is 6.04 Å². The molecule has 0 spiro atoms. The summed E-state index contributed by atoms with van der Waals surface area (Å²) in [7, 11) is 0. The van der Waals surface area contributed by atoms with Crippen LogP contribution in [0, 0.1) is 18.8 Å². The summed E-state index contributed by atoms with van der Waals surface area (Å²) in [4.78, 5) is 0. The average molecular weight is 260 g/mol. The number of aryl methyl sites for hydroxylation is 2. The molecule has 1 aliphatic carbocycles. The second-order valence-corrected chi connectivity index (χ2v) is 6.27. The maximum atomic E-state index is 5.80. The van der Waals surface area contributed by atoms with Gasteiger partial charge >= 0.3 is 0 Å². The minimum atomic E-state index is 0.474. The topological polar surface area (TPSA) is 38.0 Å². The van der Waals surface area contributed by atoms with Gasteiger partial charge < -0.3 is 0 Å². The van der Waals surface area contributed by atoms with E-state index < -0.39 is 0 Å². The maximum absolute atomic E-state index is 5.80. The number of hydrogen-bond donors (Lipinski definition) is 2. The Balaban J connectivity index is 1.90. The van der Waals surface area contributed by atoms with Crippen molar-refractivity contribution in [1.29, 1.82) is 0 Å². The number of hydrazine groups is 1. The Labute approximate surface area is 117 Å². The molecular formula is C17H28N2. The van der Waals surface area contributed by atoms with Crippen LogP contribution in [0.15, 0.2) is 24.3 Å². The van der Waals surface area contributed by atoms with Gasteiger partial charge in [0.05, 0.1) is 0 Å². The molecule has 0 saturated heterocycles. The van der Waals surface area contributed by atoms with E-state index in [2.05, 4.69) is 43.5 Å². The molecule has 19 heavy (non-hydrogen) atoms. The van der Waals surface area contributed by atoms with E-state index in [9.17, 15) is 0 Å². The first kappa shape index (κ1) is 14.5. The van der Waals surface area contributed by atoms with Crippen LogP contribution in [0.2, 0.25) is 0 Å². The Bertz CT molecular complexity index is 389. The predicted molar refractivity (Wildman–Crippen MR) is 81.7 cm³/mol. The van der Waals surface area contributed by atoms with Crippen molar-refractivity contribution in [2.75, 3.05) is 0 Å². The normalized spacial score (nSPS) is 25.2. The van der Waals surface area contributed by atoms with Crippen molar-refractivity contribution in [2.45, 2.75) is 58.4 Å². The lowest BCUT2D eigenvalue weighted by molar-refractivity contribution is 0.216. The second-order valence-electron chi connectivity index (χ2n) is 6.27. The summed E-state index contributed by atoms with van der Waals surface area (Å²) in [5.41, 5.74) is 5.94. The molecule has 0 heterocycles. The average Bonchev–Trinajstić information content (AvgIpc) is 2.41. The molecule has 3 N–H and O–H groups in total. The zero-order valence-corrected chi connectivity index (χ0v) is 12.4. The van der Waals surface area contributed by atoms with Gasteiger partial charge in [-0.2, -0.15) is 0 Å². The zero-order valence-electron chi connectivity index (χ0n) is 12.4. The molecule has 2 heteroatoms.